The van der Waals surface area contributed by atoms with E-state index >= 15 is 0 Å². The minimum atomic E-state index is -0.111. The van der Waals surface area contributed by atoms with E-state index in [0.717, 1.165) is 11.3 Å². The standard InChI is InChI=1S/C14H18N4OS/c1-8(20)14-17-12(15)10(13(16)18-14)7-9-5-3-4-6-11(9)19-2/h3-6,8,20H,7H2,1-2H3,(H4,15,16,17,18). The normalized spacial score (nSPS) is 12.2. The fourth-order valence-electron chi connectivity index (χ4n) is 1.95. The Morgan fingerprint density at radius 2 is 1.80 bits per heavy atom. The van der Waals surface area contributed by atoms with Gasteiger partial charge in [-0.25, -0.2) is 9.97 Å². The number of ether oxygens (including phenoxy) is 1. The van der Waals surface area contributed by atoms with Crippen molar-refractivity contribution in [3.63, 3.8) is 0 Å². The van der Waals surface area contributed by atoms with Crippen LogP contribution in [0.2, 0.25) is 0 Å². The van der Waals surface area contributed by atoms with Crippen molar-refractivity contribution in [3.05, 3.63) is 41.2 Å². The van der Waals surface area contributed by atoms with Crippen LogP contribution in [0.1, 0.15) is 29.1 Å². The molecule has 0 aliphatic heterocycles. The first kappa shape index (κ1) is 14.5. The van der Waals surface area contributed by atoms with Crippen LogP contribution >= 0.6 is 12.6 Å². The molecule has 0 aliphatic rings. The lowest BCUT2D eigenvalue weighted by Gasteiger charge is -2.13. The van der Waals surface area contributed by atoms with E-state index in [4.69, 9.17) is 16.2 Å². The molecule has 4 N–H and O–H groups in total. The maximum atomic E-state index is 5.99. The number of para-hydroxylation sites is 1. The first-order valence-corrected chi connectivity index (χ1v) is 6.76. The molecule has 6 heteroatoms. The number of hydrogen-bond donors (Lipinski definition) is 3. The summed E-state index contributed by atoms with van der Waals surface area (Å²) in [7, 11) is 1.63. The number of thiol groups is 1. The summed E-state index contributed by atoms with van der Waals surface area (Å²) >= 11 is 4.29. The van der Waals surface area contributed by atoms with Gasteiger partial charge in [-0.1, -0.05) is 18.2 Å². The third-order valence-electron chi connectivity index (χ3n) is 3.02. The van der Waals surface area contributed by atoms with Gasteiger partial charge in [-0.05, 0) is 18.6 Å². The molecule has 1 aromatic carbocycles. The second-order valence-corrected chi connectivity index (χ2v) is 5.27. The number of methoxy groups -OCH3 is 1. The molecular weight excluding hydrogens is 272 g/mol. The zero-order valence-corrected chi connectivity index (χ0v) is 12.4. The summed E-state index contributed by atoms with van der Waals surface area (Å²) in [6.07, 6.45) is 0.531. The molecule has 5 nitrogen and oxygen atoms in total. The molecule has 1 heterocycles. The molecule has 0 bridgehead atoms. The van der Waals surface area contributed by atoms with Crippen molar-refractivity contribution in [3.8, 4) is 5.75 Å². The highest BCUT2D eigenvalue weighted by molar-refractivity contribution is 7.80. The van der Waals surface area contributed by atoms with Crippen LogP contribution in [0.3, 0.4) is 0 Å². The van der Waals surface area contributed by atoms with Crippen LogP contribution in [0.15, 0.2) is 24.3 Å². The lowest BCUT2D eigenvalue weighted by molar-refractivity contribution is 0.410. The van der Waals surface area contributed by atoms with E-state index in [9.17, 15) is 0 Å². The molecule has 0 radical (unpaired) electrons. The van der Waals surface area contributed by atoms with Gasteiger partial charge < -0.3 is 16.2 Å². The van der Waals surface area contributed by atoms with Crippen LogP contribution in [-0.2, 0) is 6.42 Å². The van der Waals surface area contributed by atoms with Gasteiger partial charge in [-0.15, -0.1) is 0 Å². The van der Waals surface area contributed by atoms with Gasteiger partial charge in [0.2, 0.25) is 0 Å². The van der Waals surface area contributed by atoms with E-state index in [2.05, 4.69) is 22.6 Å². The largest absolute Gasteiger partial charge is 0.496 e. The van der Waals surface area contributed by atoms with Crippen molar-refractivity contribution in [2.24, 2.45) is 0 Å². The van der Waals surface area contributed by atoms with Gasteiger partial charge in [-0.3, -0.25) is 0 Å². The first-order chi connectivity index (χ1) is 9.52. The molecule has 1 unspecified atom stereocenters. The second-order valence-electron chi connectivity index (χ2n) is 4.50. The van der Waals surface area contributed by atoms with Gasteiger partial charge in [0.25, 0.3) is 0 Å². The van der Waals surface area contributed by atoms with Crippen molar-refractivity contribution in [1.82, 2.24) is 9.97 Å². The molecule has 0 saturated heterocycles. The average molecular weight is 290 g/mol. The predicted octanol–water partition coefficient (Wildman–Crippen LogP) is 2.23. The van der Waals surface area contributed by atoms with Gasteiger partial charge in [0.05, 0.1) is 12.4 Å². The summed E-state index contributed by atoms with van der Waals surface area (Å²) in [6, 6.07) is 7.71. The van der Waals surface area contributed by atoms with E-state index in [-0.39, 0.29) is 5.25 Å². The van der Waals surface area contributed by atoms with Gasteiger partial charge in [0.15, 0.2) is 0 Å². The molecule has 2 rings (SSSR count). The number of aromatic nitrogens is 2. The average Bonchev–Trinajstić information content (AvgIpc) is 2.42. The Balaban J connectivity index is 2.39. The molecule has 0 saturated carbocycles. The van der Waals surface area contributed by atoms with Crippen LogP contribution < -0.4 is 16.2 Å². The molecule has 0 aliphatic carbocycles. The number of rotatable bonds is 4. The lowest BCUT2D eigenvalue weighted by Crippen LogP contribution is -2.10. The summed E-state index contributed by atoms with van der Waals surface area (Å²) < 4.78 is 5.32. The fraction of sp³-hybridized carbons (Fsp3) is 0.286. The summed E-state index contributed by atoms with van der Waals surface area (Å²) in [5.41, 5.74) is 13.7. The monoisotopic (exact) mass is 290 g/mol. The van der Waals surface area contributed by atoms with Gasteiger partial charge in [-0.2, -0.15) is 12.6 Å². The number of hydrogen-bond acceptors (Lipinski definition) is 6. The molecule has 1 atom stereocenters. The molecule has 106 valence electrons. The van der Waals surface area contributed by atoms with Crippen LogP contribution in [-0.4, -0.2) is 17.1 Å². The van der Waals surface area contributed by atoms with Crippen molar-refractivity contribution < 1.29 is 4.74 Å². The number of anilines is 2. The second kappa shape index (κ2) is 6.00. The molecular formula is C14H18N4OS. The SMILES string of the molecule is COc1ccccc1Cc1c(N)nc(C(C)S)nc1N. The maximum absolute atomic E-state index is 5.99. The quantitative estimate of drug-likeness (QED) is 0.752. The maximum Gasteiger partial charge on any atom is 0.145 e. The number of benzene rings is 1. The summed E-state index contributed by atoms with van der Waals surface area (Å²) in [5, 5.41) is -0.111. The molecule has 2 aromatic rings. The summed E-state index contributed by atoms with van der Waals surface area (Å²) in [6.45, 7) is 1.87. The van der Waals surface area contributed by atoms with E-state index in [1.165, 1.54) is 0 Å². The summed E-state index contributed by atoms with van der Waals surface area (Å²) in [5.74, 6) is 2.10. The third kappa shape index (κ3) is 2.96. The van der Waals surface area contributed by atoms with E-state index < -0.39 is 0 Å². The van der Waals surface area contributed by atoms with Crippen molar-refractivity contribution in [1.29, 1.82) is 0 Å². The Morgan fingerprint density at radius 3 is 2.35 bits per heavy atom. The molecule has 1 aromatic heterocycles. The van der Waals surface area contributed by atoms with E-state index in [1.54, 1.807) is 7.11 Å². The smallest absolute Gasteiger partial charge is 0.145 e. The minimum absolute atomic E-state index is 0.111. The Labute approximate surface area is 123 Å². The fourth-order valence-corrected chi connectivity index (χ4v) is 2.06. The van der Waals surface area contributed by atoms with Crippen LogP contribution in [0.5, 0.6) is 5.75 Å². The first-order valence-electron chi connectivity index (χ1n) is 6.24. The highest BCUT2D eigenvalue weighted by Crippen LogP contribution is 2.27. The van der Waals surface area contributed by atoms with Gasteiger partial charge in [0.1, 0.15) is 23.2 Å². The van der Waals surface area contributed by atoms with Crippen molar-refractivity contribution in [2.75, 3.05) is 18.6 Å². The zero-order chi connectivity index (χ0) is 14.7. The Kier molecular flexibility index (Phi) is 4.34. The topological polar surface area (TPSA) is 87.0 Å². The zero-order valence-electron chi connectivity index (χ0n) is 11.5. The van der Waals surface area contributed by atoms with Crippen LogP contribution in [0.25, 0.3) is 0 Å². The van der Waals surface area contributed by atoms with Crippen molar-refractivity contribution in [2.45, 2.75) is 18.6 Å². The number of nitrogens with two attached hydrogens (primary N) is 2. The highest BCUT2D eigenvalue weighted by atomic mass is 32.1. The highest BCUT2D eigenvalue weighted by Gasteiger charge is 2.14. The predicted molar refractivity (Wildman–Crippen MR) is 84.1 cm³/mol. The molecule has 0 amide bonds. The van der Waals surface area contributed by atoms with Gasteiger partial charge >= 0.3 is 0 Å². The Hall–Kier alpha value is -1.95. The third-order valence-corrected chi connectivity index (χ3v) is 3.25. The van der Waals surface area contributed by atoms with Crippen LogP contribution in [0, 0.1) is 0 Å². The molecule has 0 spiro atoms. The van der Waals surface area contributed by atoms with Crippen LogP contribution in [0.4, 0.5) is 11.6 Å². The van der Waals surface area contributed by atoms with E-state index in [1.807, 2.05) is 31.2 Å². The molecule has 20 heavy (non-hydrogen) atoms. The van der Waals surface area contributed by atoms with E-state index in [0.29, 0.717) is 29.4 Å². The molecule has 0 fully saturated rings. The summed E-state index contributed by atoms with van der Waals surface area (Å²) in [4.78, 5) is 8.51. The minimum Gasteiger partial charge on any atom is -0.496 e. The Morgan fingerprint density at radius 1 is 1.20 bits per heavy atom. The number of nitrogens with zero attached hydrogens (tertiary/aromatic N) is 2. The van der Waals surface area contributed by atoms with Crippen molar-refractivity contribution >= 4 is 24.3 Å². The number of nitrogen functional groups attached to an aromatic ring is 2. The lowest BCUT2D eigenvalue weighted by atomic mass is 10.0. The van der Waals surface area contributed by atoms with Gasteiger partial charge in [0, 0.05) is 12.0 Å². The Bertz CT molecular complexity index is 593.